The molecule has 22 heavy (non-hydrogen) atoms. The molecule has 0 radical (unpaired) electrons. The predicted molar refractivity (Wildman–Crippen MR) is 65.1 cm³/mol. The van der Waals surface area contributed by atoms with Gasteiger partial charge in [-0.2, -0.15) is 0 Å². The van der Waals surface area contributed by atoms with Gasteiger partial charge in [0.1, 0.15) is 17.6 Å². The molecule has 10 heteroatoms. The lowest BCUT2D eigenvalue weighted by molar-refractivity contribution is -0.813. The summed E-state index contributed by atoms with van der Waals surface area (Å²) in [5.74, 6) is -5.11. The van der Waals surface area contributed by atoms with Crippen LogP contribution >= 0.6 is 0 Å². The Balaban J connectivity index is 1.80. The van der Waals surface area contributed by atoms with Gasteiger partial charge >= 0.3 is 5.66 Å². The number of nitrogens with zero attached hydrogens (tertiary/aromatic N) is 3. The van der Waals surface area contributed by atoms with Crippen molar-refractivity contribution in [1.82, 2.24) is 0 Å². The minimum absolute atomic E-state index is 0.0647. The summed E-state index contributed by atoms with van der Waals surface area (Å²) in [6.07, 6.45) is -0.0122. The van der Waals surface area contributed by atoms with Gasteiger partial charge in [0.15, 0.2) is 0 Å². The number of ketones is 1. The lowest BCUT2D eigenvalue weighted by Crippen LogP contribution is -2.64. The average Bonchev–Trinajstić information content (AvgIpc) is 2.96. The number of carbonyl (C=O) groups is 1. The fraction of sp³-hybridized carbons (Fsp3) is 0.917. The van der Waals surface area contributed by atoms with Crippen molar-refractivity contribution < 1.29 is 19.6 Å². The molecule has 0 bridgehead atoms. The van der Waals surface area contributed by atoms with Gasteiger partial charge in [0.05, 0.1) is 21.7 Å². The molecule has 5 saturated carbocycles. The van der Waals surface area contributed by atoms with Crippen molar-refractivity contribution in [3.05, 3.63) is 30.3 Å². The van der Waals surface area contributed by atoms with E-state index in [2.05, 4.69) is 0 Å². The molecule has 0 heterocycles. The van der Waals surface area contributed by atoms with E-state index in [1.165, 1.54) is 0 Å². The quantitative estimate of drug-likeness (QED) is 0.404. The Hall–Kier alpha value is -2.13. The molecule has 0 saturated heterocycles. The zero-order valence-corrected chi connectivity index (χ0v) is 11.2. The maximum absolute atomic E-state index is 12.5. The highest BCUT2D eigenvalue weighted by Gasteiger charge is 3.01. The molecule has 8 atom stereocenters. The van der Waals surface area contributed by atoms with Gasteiger partial charge in [-0.1, -0.05) is 0 Å². The monoisotopic (exact) mass is 309 g/mol. The van der Waals surface area contributed by atoms with Crippen molar-refractivity contribution in [2.45, 2.75) is 24.0 Å². The fourth-order valence-corrected chi connectivity index (χ4v) is 7.30. The molecule has 0 amide bonds. The molecular weight excluding hydrogens is 298 g/mol. The highest BCUT2D eigenvalue weighted by atomic mass is 16.7. The second-order valence-corrected chi connectivity index (χ2v) is 7.32. The van der Waals surface area contributed by atoms with Crippen molar-refractivity contribution in [2.75, 3.05) is 0 Å². The van der Waals surface area contributed by atoms with Crippen LogP contribution in [0.3, 0.4) is 0 Å². The van der Waals surface area contributed by atoms with E-state index in [1.54, 1.807) is 0 Å². The van der Waals surface area contributed by atoms with E-state index < -0.39 is 67.4 Å². The standard InChI is InChI=1S/C12H11N3O7/c16-10-3-1-4-7-8(3)11(13(17)18)6(10)2-5(9(7)11)12(4,14(19)20)15(21)22/h3-9H,1-2H2/t3-,4-,5-,6-,7-,8-,9-,11-/m1/s1. The van der Waals surface area contributed by atoms with Gasteiger partial charge in [-0.3, -0.25) is 35.1 Å². The van der Waals surface area contributed by atoms with E-state index in [9.17, 15) is 35.1 Å². The largest absolute Gasteiger partial charge is 0.464 e. The first-order valence-electron chi connectivity index (χ1n) is 7.29. The lowest BCUT2D eigenvalue weighted by atomic mass is 9.54. The third kappa shape index (κ3) is 0.759. The number of Topliss-reactive ketones (excluding diaryl/α,β-unsaturated/α-hetero) is 1. The Kier molecular flexibility index (Phi) is 1.69. The van der Waals surface area contributed by atoms with Crippen LogP contribution in [0.2, 0.25) is 0 Å². The fourth-order valence-electron chi connectivity index (χ4n) is 7.30. The highest BCUT2D eigenvalue weighted by molar-refractivity contribution is 5.90. The SMILES string of the molecule is O=C1[C@H]2C[C@@H]3[C@@H]4[C@H]5[C@@H]([C@H]1C[C@H]5C3([N+](=O)[O-])[N+](=O)[O-])[C@@]42[N+](=O)[O-]. The van der Waals surface area contributed by atoms with Crippen molar-refractivity contribution in [3.63, 3.8) is 0 Å². The van der Waals surface area contributed by atoms with Gasteiger partial charge in [0.2, 0.25) is 5.54 Å². The van der Waals surface area contributed by atoms with E-state index in [0.717, 1.165) is 0 Å². The predicted octanol–water partition coefficient (Wildman–Crippen LogP) is -0.0177. The van der Waals surface area contributed by atoms with Gasteiger partial charge in [-0.25, -0.2) is 0 Å². The Bertz CT molecular complexity index is 693. The second-order valence-electron chi connectivity index (χ2n) is 7.32. The lowest BCUT2D eigenvalue weighted by Gasteiger charge is -2.46. The Morgan fingerprint density at radius 2 is 1.55 bits per heavy atom. The average molecular weight is 309 g/mol. The van der Waals surface area contributed by atoms with Gasteiger partial charge < -0.3 is 0 Å². The molecule has 0 aromatic rings. The van der Waals surface area contributed by atoms with E-state index in [4.69, 9.17) is 0 Å². The summed E-state index contributed by atoms with van der Waals surface area (Å²) in [4.78, 5) is 45.4. The molecule has 0 spiro atoms. The van der Waals surface area contributed by atoms with Crippen LogP contribution < -0.4 is 0 Å². The second kappa shape index (κ2) is 2.99. The summed E-state index contributed by atoms with van der Waals surface area (Å²) in [6.45, 7) is 0. The maximum Gasteiger partial charge on any atom is 0.464 e. The van der Waals surface area contributed by atoms with Crippen molar-refractivity contribution in [2.24, 2.45) is 41.4 Å². The summed E-state index contributed by atoms with van der Waals surface area (Å²) in [5.41, 5.74) is -3.80. The van der Waals surface area contributed by atoms with Gasteiger partial charge in [-0.05, 0) is 18.8 Å². The van der Waals surface area contributed by atoms with E-state index in [0.29, 0.717) is 0 Å². The van der Waals surface area contributed by atoms with Crippen LogP contribution in [-0.4, -0.2) is 31.8 Å². The Morgan fingerprint density at radius 1 is 0.909 bits per heavy atom. The molecule has 0 aromatic carbocycles. The summed E-state index contributed by atoms with van der Waals surface area (Å²) >= 11 is 0. The molecule has 5 aliphatic rings. The van der Waals surface area contributed by atoms with Crippen LogP contribution in [0.4, 0.5) is 0 Å². The van der Waals surface area contributed by atoms with Gasteiger partial charge in [0, 0.05) is 16.8 Å². The summed E-state index contributed by atoms with van der Waals surface area (Å²) in [5, 5.41) is 35.0. The number of hydrogen-bond acceptors (Lipinski definition) is 7. The Labute approximate surface area is 122 Å². The number of carbonyl (C=O) groups excluding carboxylic acids is 1. The zero-order chi connectivity index (χ0) is 15.8. The molecule has 116 valence electrons. The normalized spacial score (nSPS) is 54.4. The molecule has 5 fully saturated rings. The van der Waals surface area contributed by atoms with Crippen LogP contribution in [0, 0.1) is 71.8 Å². The van der Waals surface area contributed by atoms with E-state index in [-0.39, 0.29) is 18.6 Å². The first-order valence-corrected chi connectivity index (χ1v) is 7.29. The topological polar surface area (TPSA) is 146 Å². The van der Waals surface area contributed by atoms with Crippen LogP contribution in [0.15, 0.2) is 0 Å². The number of rotatable bonds is 3. The molecule has 0 aromatic heterocycles. The Morgan fingerprint density at radius 3 is 2.09 bits per heavy atom. The summed E-state index contributed by atoms with van der Waals surface area (Å²) < 4.78 is 0. The summed E-state index contributed by atoms with van der Waals surface area (Å²) in [7, 11) is 0. The van der Waals surface area contributed by atoms with Gasteiger partial charge in [-0.15, -0.1) is 0 Å². The first kappa shape index (κ1) is 12.4. The van der Waals surface area contributed by atoms with Crippen LogP contribution in [0.5, 0.6) is 0 Å². The van der Waals surface area contributed by atoms with Crippen LogP contribution in [0.25, 0.3) is 0 Å². The third-order valence-corrected chi connectivity index (χ3v) is 7.49. The minimum atomic E-state index is -2.34. The highest BCUT2D eigenvalue weighted by Crippen LogP contribution is 2.83. The minimum Gasteiger partial charge on any atom is -0.299 e. The molecule has 5 aliphatic carbocycles. The molecule has 10 nitrogen and oxygen atoms in total. The van der Waals surface area contributed by atoms with Crippen LogP contribution in [0.1, 0.15) is 12.8 Å². The summed E-state index contributed by atoms with van der Waals surface area (Å²) in [6, 6.07) is 0. The van der Waals surface area contributed by atoms with Crippen molar-refractivity contribution >= 4 is 5.78 Å². The third-order valence-electron chi connectivity index (χ3n) is 7.49. The van der Waals surface area contributed by atoms with E-state index >= 15 is 0 Å². The molecular formula is C12H11N3O7. The number of hydrogen-bond donors (Lipinski definition) is 0. The zero-order valence-electron chi connectivity index (χ0n) is 11.2. The van der Waals surface area contributed by atoms with Gasteiger partial charge in [0.25, 0.3) is 0 Å². The smallest absolute Gasteiger partial charge is 0.299 e. The molecule has 0 aliphatic heterocycles. The van der Waals surface area contributed by atoms with Crippen molar-refractivity contribution in [3.8, 4) is 0 Å². The maximum atomic E-state index is 12.5. The van der Waals surface area contributed by atoms with Crippen LogP contribution in [-0.2, 0) is 4.79 Å². The first-order chi connectivity index (χ1) is 10.3. The molecule has 0 N–H and O–H groups in total. The number of nitro groups is 3. The molecule has 0 unspecified atom stereocenters. The van der Waals surface area contributed by atoms with E-state index in [1.807, 2.05) is 0 Å². The van der Waals surface area contributed by atoms with Crippen molar-refractivity contribution in [1.29, 1.82) is 0 Å². The molecule has 5 rings (SSSR count).